The second kappa shape index (κ2) is 5.41. The highest BCUT2D eigenvalue weighted by molar-refractivity contribution is 6.30. The summed E-state index contributed by atoms with van der Waals surface area (Å²) in [4.78, 5) is 0. The maximum atomic E-state index is 13.5. The van der Waals surface area contributed by atoms with Crippen LogP contribution >= 0.6 is 11.6 Å². The Bertz CT molecular complexity index is 642. The predicted molar refractivity (Wildman–Crippen MR) is 82.4 cm³/mol. The fraction of sp³-hybridized carbons (Fsp3) is 0.222. The molecule has 0 amide bonds. The number of hydrogen-bond acceptors (Lipinski definition) is 0. The molecule has 0 saturated heterocycles. The van der Waals surface area contributed by atoms with Crippen LogP contribution in [-0.4, -0.2) is 0 Å². The minimum Gasteiger partial charge on any atom is -0.207 e. The van der Waals surface area contributed by atoms with Gasteiger partial charge in [-0.2, -0.15) is 0 Å². The van der Waals surface area contributed by atoms with Gasteiger partial charge in [0.25, 0.3) is 0 Å². The topological polar surface area (TPSA) is 0 Å². The standard InChI is InChI=1S/C18H16ClF/c1-12-6-7-18-14(4-2-3-5-17(12)18)8-13-9-15(19)11-16(20)10-13/h3-5,9-11H,1-2,6-8H2. The van der Waals surface area contributed by atoms with Crippen molar-refractivity contribution in [2.24, 2.45) is 0 Å². The van der Waals surface area contributed by atoms with Gasteiger partial charge in [-0.05, 0) is 71.7 Å². The lowest BCUT2D eigenvalue weighted by Crippen LogP contribution is -1.96. The Balaban J connectivity index is 1.94. The molecule has 0 heterocycles. The molecule has 0 saturated carbocycles. The summed E-state index contributed by atoms with van der Waals surface area (Å²) in [5.74, 6) is -0.273. The summed E-state index contributed by atoms with van der Waals surface area (Å²) in [5, 5.41) is 0.456. The molecule has 0 aliphatic heterocycles. The Hall–Kier alpha value is -1.60. The van der Waals surface area contributed by atoms with E-state index >= 15 is 0 Å². The summed E-state index contributed by atoms with van der Waals surface area (Å²) >= 11 is 5.94. The molecule has 0 N–H and O–H groups in total. The SMILES string of the molecule is C=C1CCC2=C1C=CCC=C2Cc1cc(F)cc(Cl)c1. The van der Waals surface area contributed by atoms with Crippen molar-refractivity contribution >= 4 is 11.6 Å². The molecule has 0 unspecified atom stereocenters. The van der Waals surface area contributed by atoms with E-state index in [1.54, 1.807) is 6.07 Å². The molecule has 20 heavy (non-hydrogen) atoms. The minimum absolute atomic E-state index is 0.273. The van der Waals surface area contributed by atoms with E-state index in [4.69, 9.17) is 11.6 Å². The van der Waals surface area contributed by atoms with Crippen LogP contribution in [0.15, 0.2) is 65.3 Å². The second-order valence-corrected chi connectivity index (χ2v) is 5.75. The lowest BCUT2D eigenvalue weighted by Gasteiger charge is -2.10. The van der Waals surface area contributed by atoms with Crippen molar-refractivity contribution in [3.63, 3.8) is 0 Å². The number of benzene rings is 1. The average molecular weight is 287 g/mol. The van der Waals surface area contributed by atoms with E-state index in [1.165, 1.54) is 28.4 Å². The van der Waals surface area contributed by atoms with Crippen LogP contribution in [0.2, 0.25) is 5.02 Å². The second-order valence-electron chi connectivity index (χ2n) is 5.32. The molecule has 2 aliphatic rings. The van der Waals surface area contributed by atoms with Crippen LogP contribution in [0, 0.1) is 5.82 Å². The molecule has 0 aromatic heterocycles. The van der Waals surface area contributed by atoms with E-state index in [2.05, 4.69) is 24.8 Å². The maximum Gasteiger partial charge on any atom is 0.124 e. The molecule has 2 aliphatic carbocycles. The molecule has 1 aromatic carbocycles. The Kier molecular flexibility index (Phi) is 3.62. The molecule has 0 nitrogen and oxygen atoms in total. The molecule has 2 heteroatoms. The average Bonchev–Trinajstić information content (AvgIpc) is 2.62. The van der Waals surface area contributed by atoms with Crippen LogP contribution in [0.1, 0.15) is 24.8 Å². The largest absolute Gasteiger partial charge is 0.207 e. The van der Waals surface area contributed by atoms with E-state index < -0.39 is 0 Å². The Labute approximate surface area is 124 Å². The van der Waals surface area contributed by atoms with E-state index in [0.29, 0.717) is 5.02 Å². The number of rotatable bonds is 2. The molecule has 0 radical (unpaired) electrons. The highest BCUT2D eigenvalue weighted by atomic mass is 35.5. The van der Waals surface area contributed by atoms with Crippen molar-refractivity contribution in [1.82, 2.24) is 0 Å². The fourth-order valence-electron chi connectivity index (χ4n) is 2.94. The minimum atomic E-state index is -0.273. The molecule has 1 aromatic rings. The molecule has 0 bridgehead atoms. The first kappa shape index (κ1) is 13.4. The summed E-state index contributed by atoms with van der Waals surface area (Å²) in [5.41, 5.74) is 6.06. The Morgan fingerprint density at radius 2 is 2.05 bits per heavy atom. The van der Waals surface area contributed by atoms with Gasteiger partial charge in [0.1, 0.15) is 5.82 Å². The van der Waals surface area contributed by atoms with Crippen molar-refractivity contribution in [2.75, 3.05) is 0 Å². The van der Waals surface area contributed by atoms with Crippen molar-refractivity contribution in [2.45, 2.75) is 25.7 Å². The Morgan fingerprint density at radius 3 is 2.85 bits per heavy atom. The first-order valence-electron chi connectivity index (χ1n) is 6.85. The summed E-state index contributed by atoms with van der Waals surface area (Å²) in [6, 6.07) is 4.75. The fourth-order valence-corrected chi connectivity index (χ4v) is 3.19. The van der Waals surface area contributed by atoms with Gasteiger partial charge in [0.15, 0.2) is 0 Å². The first-order chi connectivity index (χ1) is 9.63. The van der Waals surface area contributed by atoms with E-state index in [0.717, 1.165) is 31.2 Å². The number of allylic oxidation sites excluding steroid dienone is 7. The highest BCUT2D eigenvalue weighted by Gasteiger charge is 2.20. The molecule has 0 spiro atoms. The van der Waals surface area contributed by atoms with Crippen molar-refractivity contribution in [3.05, 3.63) is 81.7 Å². The monoisotopic (exact) mass is 286 g/mol. The smallest absolute Gasteiger partial charge is 0.124 e. The molecular formula is C18H16ClF. The Morgan fingerprint density at radius 1 is 1.20 bits per heavy atom. The third-order valence-electron chi connectivity index (χ3n) is 3.87. The van der Waals surface area contributed by atoms with Crippen LogP contribution < -0.4 is 0 Å². The van der Waals surface area contributed by atoms with Gasteiger partial charge >= 0.3 is 0 Å². The summed E-state index contributed by atoms with van der Waals surface area (Å²) in [6.07, 6.45) is 10.3. The van der Waals surface area contributed by atoms with Gasteiger partial charge in [0.05, 0.1) is 0 Å². The first-order valence-corrected chi connectivity index (χ1v) is 7.23. The quantitative estimate of drug-likeness (QED) is 0.668. The summed E-state index contributed by atoms with van der Waals surface area (Å²) in [7, 11) is 0. The normalized spacial score (nSPS) is 18.1. The van der Waals surface area contributed by atoms with Gasteiger partial charge in [0.2, 0.25) is 0 Å². The molecule has 102 valence electrons. The van der Waals surface area contributed by atoms with Gasteiger partial charge in [-0.15, -0.1) is 0 Å². The summed E-state index contributed by atoms with van der Waals surface area (Å²) in [6.45, 7) is 4.13. The van der Waals surface area contributed by atoms with Crippen LogP contribution in [-0.2, 0) is 6.42 Å². The van der Waals surface area contributed by atoms with Gasteiger partial charge in [-0.1, -0.05) is 36.4 Å². The molecular weight excluding hydrogens is 271 g/mol. The maximum absolute atomic E-state index is 13.5. The van der Waals surface area contributed by atoms with E-state index in [9.17, 15) is 4.39 Å². The van der Waals surface area contributed by atoms with Gasteiger partial charge in [0, 0.05) is 5.02 Å². The predicted octanol–water partition coefficient (Wildman–Crippen LogP) is 5.55. The van der Waals surface area contributed by atoms with Gasteiger partial charge < -0.3 is 0 Å². The van der Waals surface area contributed by atoms with Crippen LogP contribution in [0.3, 0.4) is 0 Å². The molecule has 0 fully saturated rings. The van der Waals surface area contributed by atoms with Crippen molar-refractivity contribution in [1.29, 1.82) is 0 Å². The lowest BCUT2D eigenvalue weighted by atomic mass is 9.95. The van der Waals surface area contributed by atoms with Crippen molar-refractivity contribution in [3.8, 4) is 0 Å². The third kappa shape index (κ3) is 2.64. The molecule has 0 atom stereocenters. The van der Waals surface area contributed by atoms with Crippen molar-refractivity contribution < 1.29 is 4.39 Å². The zero-order chi connectivity index (χ0) is 14.1. The highest BCUT2D eigenvalue weighted by Crippen LogP contribution is 2.38. The molecule has 3 rings (SSSR count). The van der Waals surface area contributed by atoms with Crippen LogP contribution in [0.5, 0.6) is 0 Å². The van der Waals surface area contributed by atoms with Crippen LogP contribution in [0.25, 0.3) is 0 Å². The third-order valence-corrected chi connectivity index (χ3v) is 4.09. The number of halogens is 2. The van der Waals surface area contributed by atoms with Crippen LogP contribution in [0.4, 0.5) is 4.39 Å². The van der Waals surface area contributed by atoms with E-state index in [-0.39, 0.29) is 5.82 Å². The van der Waals surface area contributed by atoms with Gasteiger partial charge in [-0.3, -0.25) is 0 Å². The van der Waals surface area contributed by atoms with E-state index in [1.807, 2.05) is 6.07 Å². The summed E-state index contributed by atoms with van der Waals surface area (Å²) < 4.78 is 13.5. The van der Waals surface area contributed by atoms with Gasteiger partial charge in [-0.25, -0.2) is 4.39 Å². The lowest BCUT2D eigenvalue weighted by molar-refractivity contribution is 0.626. The zero-order valence-corrected chi connectivity index (χ0v) is 12.0. The zero-order valence-electron chi connectivity index (χ0n) is 11.3. The number of hydrogen-bond donors (Lipinski definition) is 0.